The zero-order valence-corrected chi connectivity index (χ0v) is 18.6. The quantitative estimate of drug-likeness (QED) is 0.594. The standard InChI is InChI=1S/C20H23ClN6O3S/c1-27-8-7-14-15(10-27)31-20(25-14)19(30)24-13-4-2-3-12(13)23-17(28)18(29)26-16-6-5-11(21)9-22-16/h5-6,9,12-13H,2-4,7-8,10H2,1H3,(H,23,28)(H,24,30)(H,22,26,29). The van der Waals surface area contributed by atoms with Gasteiger partial charge >= 0.3 is 11.8 Å². The molecule has 2 atom stereocenters. The van der Waals surface area contributed by atoms with Crippen LogP contribution in [0.3, 0.4) is 0 Å². The first-order chi connectivity index (χ1) is 14.9. The topological polar surface area (TPSA) is 116 Å². The Labute approximate surface area is 188 Å². The minimum atomic E-state index is -0.816. The van der Waals surface area contributed by atoms with Gasteiger partial charge in [0.05, 0.1) is 10.7 Å². The maximum atomic E-state index is 12.7. The number of nitrogens with zero attached hydrogens (tertiary/aromatic N) is 3. The van der Waals surface area contributed by atoms with E-state index in [0.717, 1.165) is 42.9 Å². The Balaban J connectivity index is 1.33. The van der Waals surface area contributed by atoms with Gasteiger partial charge in [-0.3, -0.25) is 14.4 Å². The number of amides is 3. The van der Waals surface area contributed by atoms with E-state index in [4.69, 9.17) is 11.6 Å². The lowest BCUT2D eigenvalue weighted by Crippen LogP contribution is -2.51. The molecule has 3 amide bonds. The molecule has 164 valence electrons. The monoisotopic (exact) mass is 462 g/mol. The van der Waals surface area contributed by atoms with Gasteiger partial charge in [0.1, 0.15) is 5.82 Å². The van der Waals surface area contributed by atoms with E-state index in [1.807, 2.05) is 7.05 Å². The van der Waals surface area contributed by atoms with Crippen molar-refractivity contribution in [3.63, 3.8) is 0 Å². The Hall–Kier alpha value is -2.56. The van der Waals surface area contributed by atoms with Crippen molar-refractivity contribution in [3.05, 3.63) is 38.9 Å². The van der Waals surface area contributed by atoms with E-state index in [2.05, 4.69) is 30.8 Å². The van der Waals surface area contributed by atoms with Gasteiger partial charge < -0.3 is 20.9 Å². The molecule has 31 heavy (non-hydrogen) atoms. The van der Waals surface area contributed by atoms with Gasteiger partial charge in [0.15, 0.2) is 5.01 Å². The van der Waals surface area contributed by atoms with Crippen molar-refractivity contribution in [1.82, 2.24) is 25.5 Å². The van der Waals surface area contributed by atoms with Crippen molar-refractivity contribution >= 4 is 46.5 Å². The predicted molar refractivity (Wildman–Crippen MR) is 117 cm³/mol. The van der Waals surface area contributed by atoms with Crippen LogP contribution in [0.5, 0.6) is 0 Å². The van der Waals surface area contributed by atoms with Crippen molar-refractivity contribution in [2.75, 3.05) is 18.9 Å². The van der Waals surface area contributed by atoms with E-state index in [1.54, 1.807) is 6.07 Å². The summed E-state index contributed by atoms with van der Waals surface area (Å²) in [6, 6.07) is 2.51. The second kappa shape index (κ2) is 9.29. The van der Waals surface area contributed by atoms with Crippen LogP contribution in [0.15, 0.2) is 18.3 Å². The third-order valence-corrected chi connectivity index (χ3v) is 6.75. The molecule has 2 aromatic heterocycles. The van der Waals surface area contributed by atoms with Gasteiger partial charge in [0.2, 0.25) is 0 Å². The van der Waals surface area contributed by atoms with Crippen molar-refractivity contribution in [1.29, 1.82) is 0 Å². The first kappa shape index (κ1) is 21.7. The second-order valence-electron chi connectivity index (χ2n) is 7.78. The summed E-state index contributed by atoms with van der Waals surface area (Å²) in [4.78, 5) is 49.0. The van der Waals surface area contributed by atoms with Gasteiger partial charge in [-0.1, -0.05) is 11.6 Å². The van der Waals surface area contributed by atoms with E-state index in [-0.39, 0.29) is 23.8 Å². The molecule has 0 aromatic carbocycles. The molecule has 3 N–H and O–H groups in total. The van der Waals surface area contributed by atoms with Gasteiger partial charge in [-0.25, -0.2) is 9.97 Å². The summed E-state index contributed by atoms with van der Waals surface area (Å²) in [7, 11) is 2.05. The van der Waals surface area contributed by atoms with Crippen LogP contribution < -0.4 is 16.0 Å². The van der Waals surface area contributed by atoms with E-state index in [0.29, 0.717) is 16.5 Å². The molecule has 2 aromatic rings. The van der Waals surface area contributed by atoms with Crippen LogP contribution in [0, 0.1) is 0 Å². The molecular formula is C20H23ClN6O3S. The number of pyridine rings is 1. The van der Waals surface area contributed by atoms with Crippen molar-refractivity contribution in [2.45, 2.75) is 44.3 Å². The molecule has 11 heteroatoms. The second-order valence-corrected chi connectivity index (χ2v) is 9.30. The van der Waals surface area contributed by atoms with Crippen molar-refractivity contribution < 1.29 is 14.4 Å². The molecule has 0 saturated heterocycles. The van der Waals surface area contributed by atoms with Crippen LogP contribution in [0.25, 0.3) is 0 Å². The molecule has 0 radical (unpaired) electrons. The van der Waals surface area contributed by atoms with E-state index in [1.165, 1.54) is 23.6 Å². The lowest BCUT2D eigenvalue weighted by Gasteiger charge is -2.21. The molecule has 3 heterocycles. The smallest absolute Gasteiger partial charge is 0.314 e. The number of aromatic nitrogens is 2. The molecule has 0 bridgehead atoms. The number of thiazole rings is 1. The van der Waals surface area contributed by atoms with E-state index >= 15 is 0 Å². The van der Waals surface area contributed by atoms with Crippen LogP contribution in [0.2, 0.25) is 5.02 Å². The molecule has 2 unspecified atom stereocenters. The highest BCUT2D eigenvalue weighted by Crippen LogP contribution is 2.25. The van der Waals surface area contributed by atoms with E-state index < -0.39 is 11.8 Å². The highest BCUT2D eigenvalue weighted by atomic mass is 35.5. The summed E-state index contributed by atoms with van der Waals surface area (Å²) in [6.07, 6.45) is 4.48. The number of rotatable bonds is 4. The number of hydrogen-bond acceptors (Lipinski definition) is 7. The number of halogens is 1. The van der Waals surface area contributed by atoms with Gasteiger partial charge in [0, 0.05) is 42.7 Å². The van der Waals surface area contributed by atoms with Crippen LogP contribution in [0.1, 0.15) is 39.6 Å². The normalized spacial score (nSPS) is 20.7. The molecule has 0 spiro atoms. The lowest BCUT2D eigenvalue weighted by molar-refractivity contribution is -0.136. The minimum absolute atomic E-state index is 0.233. The first-order valence-electron chi connectivity index (χ1n) is 10.1. The summed E-state index contributed by atoms with van der Waals surface area (Å²) in [5.74, 6) is -1.58. The fourth-order valence-corrected chi connectivity index (χ4v) is 5.02. The largest absolute Gasteiger partial charge is 0.345 e. The molecule has 9 nitrogen and oxygen atoms in total. The summed E-state index contributed by atoms with van der Waals surface area (Å²) >= 11 is 7.19. The van der Waals surface area contributed by atoms with Gasteiger partial charge in [-0.15, -0.1) is 11.3 Å². The Morgan fingerprint density at radius 1 is 1.16 bits per heavy atom. The van der Waals surface area contributed by atoms with Gasteiger partial charge in [0.25, 0.3) is 5.91 Å². The van der Waals surface area contributed by atoms with E-state index in [9.17, 15) is 14.4 Å². The molecule has 1 saturated carbocycles. The zero-order chi connectivity index (χ0) is 22.0. The maximum absolute atomic E-state index is 12.7. The predicted octanol–water partition coefficient (Wildman–Crippen LogP) is 1.59. The number of fused-ring (bicyclic) bond motifs is 1. The van der Waals surface area contributed by atoms with Crippen LogP contribution in [0.4, 0.5) is 5.82 Å². The number of carbonyl (C=O) groups is 3. The number of carbonyl (C=O) groups excluding carboxylic acids is 3. The highest BCUT2D eigenvalue weighted by Gasteiger charge is 2.32. The maximum Gasteiger partial charge on any atom is 0.314 e. The average Bonchev–Trinajstić information content (AvgIpc) is 3.36. The Morgan fingerprint density at radius 2 is 1.94 bits per heavy atom. The van der Waals surface area contributed by atoms with Gasteiger partial charge in [-0.05, 0) is 38.4 Å². The molecule has 2 aliphatic rings. The van der Waals surface area contributed by atoms with Crippen LogP contribution >= 0.6 is 22.9 Å². The third kappa shape index (κ3) is 5.20. The molecule has 1 fully saturated rings. The molecular weight excluding hydrogens is 440 g/mol. The Morgan fingerprint density at radius 3 is 2.68 bits per heavy atom. The summed E-state index contributed by atoms with van der Waals surface area (Å²) in [5, 5.41) is 9.03. The number of nitrogens with one attached hydrogen (secondary N) is 3. The molecule has 1 aliphatic carbocycles. The lowest BCUT2D eigenvalue weighted by atomic mass is 10.1. The Kier molecular flexibility index (Phi) is 6.49. The highest BCUT2D eigenvalue weighted by molar-refractivity contribution is 7.13. The molecule has 4 rings (SSSR count). The Bertz CT molecular complexity index is 995. The SMILES string of the molecule is CN1CCc2nc(C(=O)NC3CCCC3NC(=O)C(=O)Nc3ccc(Cl)cn3)sc2C1. The van der Waals surface area contributed by atoms with Crippen LogP contribution in [-0.4, -0.2) is 58.3 Å². The number of anilines is 1. The van der Waals surface area contributed by atoms with Crippen LogP contribution in [-0.2, 0) is 22.6 Å². The zero-order valence-electron chi connectivity index (χ0n) is 17.0. The summed E-state index contributed by atoms with van der Waals surface area (Å²) in [6.45, 7) is 1.74. The summed E-state index contributed by atoms with van der Waals surface area (Å²) < 4.78 is 0. The van der Waals surface area contributed by atoms with Gasteiger partial charge in [-0.2, -0.15) is 0 Å². The fraction of sp³-hybridized carbons (Fsp3) is 0.450. The molecule has 1 aliphatic heterocycles. The number of hydrogen-bond donors (Lipinski definition) is 3. The summed E-state index contributed by atoms with van der Waals surface area (Å²) in [5.41, 5.74) is 0.997. The fourth-order valence-electron chi connectivity index (χ4n) is 3.81. The minimum Gasteiger partial charge on any atom is -0.345 e. The first-order valence-corrected chi connectivity index (χ1v) is 11.3. The van der Waals surface area contributed by atoms with Crippen molar-refractivity contribution in [3.8, 4) is 0 Å². The number of likely N-dealkylation sites (N-methyl/N-ethyl adjacent to an activating group) is 1. The van der Waals surface area contributed by atoms with Crippen molar-refractivity contribution in [2.24, 2.45) is 0 Å². The average molecular weight is 463 g/mol. The third-order valence-electron chi connectivity index (χ3n) is 5.44.